The number of benzene rings is 1. The quantitative estimate of drug-likeness (QED) is 0.777. The van der Waals surface area contributed by atoms with Gasteiger partial charge in [-0.25, -0.2) is 0 Å². The van der Waals surface area contributed by atoms with Gasteiger partial charge < -0.3 is 14.8 Å². The van der Waals surface area contributed by atoms with E-state index < -0.39 is 0 Å². The van der Waals surface area contributed by atoms with Gasteiger partial charge in [-0.3, -0.25) is 0 Å². The Morgan fingerprint density at radius 1 is 1.41 bits per heavy atom. The molecule has 0 atom stereocenters. The molecule has 0 saturated carbocycles. The fourth-order valence-electron chi connectivity index (χ4n) is 1.91. The second-order valence-corrected chi connectivity index (χ2v) is 5.22. The maximum atomic E-state index is 6.06. The zero-order valence-corrected chi connectivity index (χ0v) is 11.4. The van der Waals surface area contributed by atoms with Crippen LogP contribution in [0.5, 0.6) is 11.5 Å². The van der Waals surface area contributed by atoms with E-state index in [1.54, 1.807) is 7.11 Å². The van der Waals surface area contributed by atoms with Gasteiger partial charge >= 0.3 is 0 Å². The van der Waals surface area contributed by atoms with Crippen LogP contribution in [0.15, 0.2) is 12.1 Å². The second-order valence-electron chi connectivity index (χ2n) is 4.81. The van der Waals surface area contributed by atoms with Gasteiger partial charge in [0, 0.05) is 5.56 Å². The van der Waals surface area contributed by atoms with E-state index in [1.807, 2.05) is 32.9 Å². The number of hydrogen-bond acceptors (Lipinski definition) is 3. The third kappa shape index (κ3) is 2.22. The van der Waals surface area contributed by atoms with Gasteiger partial charge in [0.15, 0.2) is 0 Å². The summed E-state index contributed by atoms with van der Waals surface area (Å²) in [6.45, 7) is 6.76. The largest absolute Gasteiger partial charge is 0.496 e. The minimum Gasteiger partial charge on any atom is -0.496 e. The minimum atomic E-state index is -0.285. The Balaban J connectivity index is 2.58. The second kappa shape index (κ2) is 4.18. The van der Waals surface area contributed by atoms with Crippen molar-refractivity contribution < 1.29 is 9.47 Å². The standard InChI is InChI=1S/C13H17NO2S/c1-8-10(15-4)6-5-9-11(8)16-13(2,3)7-14-12(9)17/h5-6H,7H2,1-4H3,(H,14,17). The maximum Gasteiger partial charge on any atom is 0.137 e. The van der Waals surface area contributed by atoms with E-state index in [2.05, 4.69) is 5.32 Å². The molecule has 1 heterocycles. The topological polar surface area (TPSA) is 30.5 Å². The van der Waals surface area contributed by atoms with Crippen LogP contribution in [0.25, 0.3) is 0 Å². The van der Waals surface area contributed by atoms with Gasteiger partial charge in [-0.2, -0.15) is 0 Å². The van der Waals surface area contributed by atoms with E-state index >= 15 is 0 Å². The predicted molar refractivity (Wildman–Crippen MR) is 72.1 cm³/mol. The third-order valence-electron chi connectivity index (χ3n) is 2.87. The molecule has 2 rings (SSSR count). The zero-order valence-electron chi connectivity index (χ0n) is 10.6. The van der Waals surface area contributed by atoms with Gasteiger partial charge in [-0.15, -0.1) is 0 Å². The molecule has 3 nitrogen and oxygen atoms in total. The maximum absolute atomic E-state index is 6.06. The molecule has 1 N–H and O–H groups in total. The van der Waals surface area contributed by atoms with Crippen LogP contribution in [0.3, 0.4) is 0 Å². The summed E-state index contributed by atoms with van der Waals surface area (Å²) in [5, 5.41) is 3.22. The highest BCUT2D eigenvalue weighted by Gasteiger charge is 2.28. The minimum absolute atomic E-state index is 0.285. The van der Waals surface area contributed by atoms with Crippen molar-refractivity contribution in [2.45, 2.75) is 26.4 Å². The van der Waals surface area contributed by atoms with E-state index in [-0.39, 0.29) is 5.60 Å². The number of nitrogens with one attached hydrogen (secondary N) is 1. The summed E-state index contributed by atoms with van der Waals surface area (Å²) in [4.78, 5) is 0.733. The van der Waals surface area contributed by atoms with Crippen molar-refractivity contribution in [2.24, 2.45) is 0 Å². The van der Waals surface area contributed by atoms with Crippen LogP contribution >= 0.6 is 12.2 Å². The lowest BCUT2D eigenvalue weighted by Crippen LogP contribution is -2.39. The number of rotatable bonds is 1. The highest BCUT2D eigenvalue weighted by Crippen LogP contribution is 2.35. The van der Waals surface area contributed by atoms with E-state index in [0.29, 0.717) is 6.54 Å². The molecule has 0 unspecified atom stereocenters. The van der Waals surface area contributed by atoms with Gasteiger partial charge in [0.2, 0.25) is 0 Å². The molecule has 0 bridgehead atoms. The molecule has 0 saturated heterocycles. The Hall–Kier alpha value is -1.29. The molecule has 0 spiro atoms. The first-order chi connectivity index (χ1) is 7.94. The molecule has 1 aromatic rings. The van der Waals surface area contributed by atoms with Gasteiger partial charge in [0.05, 0.1) is 19.2 Å². The summed E-state index contributed by atoms with van der Waals surface area (Å²) in [6, 6.07) is 3.86. The van der Waals surface area contributed by atoms with E-state index in [4.69, 9.17) is 21.7 Å². The average molecular weight is 251 g/mol. The summed E-state index contributed by atoms with van der Waals surface area (Å²) >= 11 is 5.36. The smallest absolute Gasteiger partial charge is 0.137 e. The molecule has 4 heteroatoms. The Bertz CT molecular complexity index is 469. The summed E-state index contributed by atoms with van der Waals surface area (Å²) in [6.07, 6.45) is 0. The van der Waals surface area contributed by atoms with Crippen LogP contribution < -0.4 is 14.8 Å². The van der Waals surface area contributed by atoms with Crippen molar-refractivity contribution in [3.8, 4) is 11.5 Å². The monoisotopic (exact) mass is 251 g/mol. The lowest BCUT2D eigenvalue weighted by Gasteiger charge is -2.25. The van der Waals surface area contributed by atoms with Crippen molar-refractivity contribution in [3.05, 3.63) is 23.3 Å². The van der Waals surface area contributed by atoms with E-state index in [0.717, 1.165) is 27.6 Å². The lowest BCUT2D eigenvalue weighted by molar-refractivity contribution is 0.115. The van der Waals surface area contributed by atoms with Crippen LogP contribution in [0.2, 0.25) is 0 Å². The molecule has 0 aromatic heterocycles. The first kappa shape index (κ1) is 12.2. The number of hydrogen-bond donors (Lipinski definition) is 1. The van der Waals surface area contributed by atoms with Crippen molar-refractivity contribution in [1.82, 2.24) is 5.32 Å². The predicted octanol–water partition coefficient (Wildman–Crippen LogP) is 2.44. The summed E-state index contributed by atoms with van der Waals surface area (Å²) in [5.41, 5.74) is 1.64. The number of methoxy groups -OCH3 is 1. The van der Waals surface area contributed by atoms with Crippen LogP contribution in [0, 0.1) is 6.92 Å². The third-order valence-corrected chi connectivity index (χ3v) is 3.24. The SMILES string of the molecule is COc1ccc2c(c1C)OC(C)(C)CNC2=S. The van der Waals surface area contributed by atoms with Gasteiger partial charge in [-0.1, -0.05) is 12.2 Å². The molecule has 92 valence electrons. The van der Waals surface area contributed by atoms with Crippen molar-refractivity contribution >= 4 is 17.2 Å². The number of thiocarbonyl (C=S) groups is 1. The van der Waals surface area contributed by atoms with Crippen LogP contribution in [-0.2, 0) is 0 Å². The molecular weight excluding hydrogens is 234 g/mol. The fraction of sp³-hybridized carbons (Fsp3) is 0.462. The van der Waals surface area contributed by atoms with Crippen molar-refractivity contribution in [1.29, 1.82) is 0 Å². The fourth-order valence-corrected chi connectivity index (χ4v) is 2.14. The Morgan fingerprint density at radius 2 is 2.12 bits per heavy atom. The average Bonchev–Trinajstić information content (AvgIpc) is 2.39. The van der Waals surface area contributed by atoms with E-state index in [1.165, 1.54) is 0 Å². The number of ether oxygens (including phenoxy) is 2. The lowest BCUT2D eigenvalue weighted by atomic mass is 10.1. The molecule has 0 aliphatic carbocycles. The van der Waals surface area contributed by atoms with E-state index in [9.17, 15) is 0 Å². The molecule has 0 fully saturated rings. The summed E-state index contributed by atoms with van der Waals surface area (Å²) in [7, 11) is 1.66. The van der Waals surface area contributed by atoms with Gasteiger partial charge in [-0.05, 0) is 32.9 Å². The first-order valence-corrected chi connectivity index (χ1v) is 6.00. The Morgan fingerprint density at radius 3 is 2.76 bits per heavy atom. The molecule has 1 aromatic carbocycles. The molecule has 1 aliphatic heterocycles. The molecule has 1 aliphatic rings. The Labute approximate surface area is 107 Å². The molecule has 0 amide bonds. The highest BCUT2D eigenvalue weighted by atomic mass is 32.1. The highest BCUT2D eigenvalue weighted by molar-refractivity contribution is 7.80. The van der Waals surface area contributed by atoms with Gasteiger partial charge in [0.1, 0.15) is 22.1 Å². The van der Waals surface area contributed by atoms with Crippen LogP contribution in [0.1, 0.15) is 25.0 Å². The van der Waals surface area contributed by atoms with Crippen molar-refractivity contribution in [3.63, 3.8) is 0 Å². The normalized spacial score (nSPS) is 17.5. The van der Waals surface area contributed by atoms with Crippen molar-refractivity contribution in [2.75, 3.05) is 13.7 Å². The van der Waals surface area contributed by atoms with Gasteiger partial charge in [0.25, 0.3) is 0 Å². The van der Waals surface area contributed by atoms with Crippen LogP contribution in [0.4, 0.5) is 0 Å². The molecule has 0 radical (unpaired) electrons. The summed E-state index contributed by atoms with van der Waals surface area (Å²) < 4.78 is 11.4. The zero-order chi connectivity index (χ0) is 12.6. The molecular formula is C13H17NO2S. The van der Waals surface area contributed by atoms with Crippen LogP contribution in [-0.4, -0.2) is 24.2 Å². The summed E-state index contributed by atoms with van der Waals surface area (Å²) in [5.74, 6) is 1.65. The Kier molecular flexibility index (Phi) is 3.00. The molecule has 17 heavy (non-hydrogen) atoms. The number of fused-ring (bicyclic) bond motifs is 1. The first-order valence-electron chi connectivity index (χ1n) is 5.59.